The summed E-state index contributed by atoms with van der Waals surface area (Å²) in [7, 11) is 0. The Kier molecular flexibility index (Phi) is 1.84. The molecule has 0 spiro atoms. The Labute approximate surface area is 75.8 Å². The van der Waals surface area contributed by atoms with Crippen molar-refractivity contribution in [3.63, 3.8) is 0 Å². The van der Waals surface area contributed by atoms with Gasteiger partial charge >= 0.3 is 0 Å². The van der Waals surface area contributed by atoms with E-state index in [2.05, 4.69) is 34.2 Å². The van der Waals surface area contributed by atoms with E-state index in [1.54, 1.807) is 12.5 Å². The quantitative estimate of drug-likeness (QED) is 0.751. The minimum atomic E-state index is 0.361. The summed E-state index contributed by atoms with van der Waals surface area (Å²) in [4.78, 5) is 0. The summed E-state index contributed by atoms with van der Waals surface area (Å²) < 4.78 is 2.00. The van der Waals surface area contributed by atoms with E-state index in [9.17, 15) is 0 Å². The van der Waals surface area contributed by atoms with E-state index in [1.165, 1.54) is 0 Å². The van der Waals surface area contributed by atoms with E-state index in [1.807, 2.05) is 10.8 Å². The molecule has 13 heavy (non-hydrogen) atoms. The molecule has 0 aliphatic heterocycles. The number of aromatic nitrogens is 5. The van der Waals surface area contributed by atoms with Crippen LogP contribution >= 0.6 is 0 Å². The largest absolute Gasteiger partial charge is 0.311 e. The molecule has 0 radical (unpaired) electrons. The van der Waals surface area contributed by atoms with Crippen LogP contribution in [0.25, 0.3) is 11.4 Å². The first kappa shape index (κ1) is 7.97. The predicted molar refractivity (Wildman–Crippen MR) is 48.0 cm³/mol. The van der Waals surface area contributed by atoms with Crippen LogP contribution in [-0.4, -0.2) is 25.0 Å². The van der Waals surface area contributed by atoms with Gasteiger partial charge in [0.2, 0.25) is 0 Å². The highest BCUT2D eigenvalue weighted by atomic mass is 15.3. The Balaban J connectivity index is 2.46. The number of rotatable bonds is 2. The van der Waals surface area contributed by atoms with Crippen LogP contribution in [0.15, 0.2) is 18.7 Å². The van der Waals surface area contributed by atoms with Crippen molar-refractivity contribution in [2.45, 2.75) is 19.9 Å². The molecule has 2 aromatic heterocycles. The minimum absolute atomic E-state index is 0.361. The van der Waals surface area contributed by atoms with E-state index in [0.717, 1.165) is 11.4 Å². The molecule has 0 aliphatic rings. The van der Waals surface area contributed by atoms with Crippen molar-refractivity contribution in [3.8, 4) is 11.4 Å². The summed E-state index contributed by atoms with van der Waals surface area (Å²) in [5.74, 6) is 0.851. The Hall–Kier alpha value is -1.65. The standard InChI is InChI=1S/C8H11N5/c1-6(2)13-5-11-12-8(13)7-3-9-10-4-7/h3-6H,1-2H3,(H,9,10). The smallest absolute Gasteiger partial charge is 0.167 e. The number of aromatic amines is 1. The van der Waals surface area contributed by atoms with Crippen LogP contribution in [-0.2, 0) is 0 Å². The van der Waals surface area contributed by atoms with Gasteiger partial charge in [-0.1, -0.05) is 0 Å². The van der Waals surface area contributed by atoms with E-state index in [-0.39, 0.29) is 0 Å². The van der Waals surface area contributed by atoms with Crippen LogP contribution in [0.1, 0.15) is 19.9 Å². The topological polar surface area (TPSA) is 59.4 Å². The molecule has 0 saturated heterocycles. The first-order valence-corrected chi connectivity index (χ1v) is 4.17. The predicted octanol–water partition coefficient (Wildman–Crippen LogP) is 1.25. The molecule has 1 N–H and O–H groups in total. The van der Waals surface area contributed by atoms with Gasteiger partial charge in [0.1, 0.15) is 6.33 Å². The van der Waals surface area contributed by atoms with E-state index < -0.39 is 0 Å². The summed E-state index contributed by atoms with van der Waals surface area (Å²) in [6.07, 6.45) is 5.28. The van der Waals surface area contributed by atoms with E-state index >= 15 is 0 Å². The van der Waals surface area contributed by atoms with Crippen LogP contribution in [0.4, 0.5) is 0 Å². The Morgan fingerprint density at radius 1 is 1.46 bits per heavy atom. The van der Waals surface area contributed by atoms with Gasteiger partial charge in [0.15, 0.2) is 5.82 Å². The molecular weight excluding hydrogens is 166 g/mol. The number of nitrogens with zero attached hydrogens (tertiary/aromatic N) is 4. The summed E-state index contributed by atoms with van der Waals surface area (Å²) in [6, 6.07) is 0.361. The van der Waals surface area contributed by atoms with E-state index in [0.29, 0.717) is 6.04 Å². The van der Waals surface area contributed by atoms with Crippen LogP contribution in [0, 0.1) is 0 Å². The summed E-state index contributed by atoms with van der Waals surface area (Å²) >= 11 is 0. The normalized spacial score (nSPS) is 11.0. The minimum Gasteiger partial charge on any atom is -0.311 e. The third-order valence-electron chi connectivity index (χ3n) is 1.89. The van der Waals surface area contributed by atoms with Crippen LogP contribution in [0.5, 0.6) is 0 Å². The molecule has 5 nitrogen and oxygen atoms in total. The molecule has 0 atom stereocenters. The van der Waals surface area contributed by atoms with Crippen LogP contribution in [0.2, 0.25) is 0 Å². The van der Waals surface area contributed by atoms with Crippen molar-refractivity contribution in [1.29, 1.82) is 0 Å². The highest BCUT2D eigenvalue weighted by molar-refractivity contribution is 5.51. The third-order valence-corrected chi connectivity index (χ3v) is 1.89. The number of H-pyrrole nitrogens is 1. The maximum Gasteiger partial charge on any atom is 0.167 e. The molecule has 2 rings (SSSR count). The van der Waals surface area contributed by atoms with Gasteiger partial charge in [0.05, 0.1) is 11.8 Å². The maximum atomic E-state index is 4.03. The zero-order valence-corrected chi connectivity index (χ0v) is 7.60. The van der Waals surface area contributed by atoms with Crippen molar-refractivity contribution >= 4 is 0 Å². The highest BCUT2D eigenvalue weighted by Gasteiger charge is 2.09. The van der Waals surface area contributed by atoms with Crippen molar-refractivity contribution in [3.05, 3.63) is 18.7 Å². The molecule has 0 unspecified atom stereocenters. The first-order valence-electron chi connectivity index (χ1n) is 4.17. The molecule has 5 heteroatoms. The fourth-order valence-corrected chi connectivity index (χ4v) is 1.20. The van der Waals surface area contributed by atoms with Gasteiger partial charge < -0.3 is 4.57 Å². The third kappa shape index (κ3) is 1.32. The van der Waals surface area contributed by atoms with Gasteiger partial charge in [-0.25, -0.2) is 0 Å². The summed E-state index contributed by atoms with van der Waals surface area (Å²) in [5.41, 5.74) is 0.964. The van der Waals surface area contributed by atoms with Crippen LogP contribution < -0.4 is 0 Å². The first-order chi connectivity index (χ1) is 6.29. The molecule has 0 fully saturated rings. The molecule has 0 aromatic carbocycles. The lowest BCUT2D eigenvalue weighted by Gasteiger charge is -2.07. The zero-order valence-electron chi connectivity index (χ0n) is 7.60. The average Bonchev–Trinajstić information content (AvgIpc) is 2.74. The summed E-state index contributed by atoms with van der Waals surface area (Å²) in [5, 5.41) is 14.5. The second-order valence-electron chi connectivity index (χ2n) is 3.14. The molecule has 0 saturated carbocycles. The van der Waals surface area contributed by atoms with Crippen molar-refractivity contribution < 1.29 is 0 Å². The molecule has 0 aliphatic carbocycles. The van der Waals surface area contributed by atoms with Gasteiger partial charge in [-0.05, 0) is 13.8 Å². The Morgan fingerprint density at radius 2 is 2.31 bits per heavy atom. The van der Waals surface area contributed by atoms with Crippen molar-refractivity contribution in [2.24, 2.45) is 0 Å². The van der Waals surface area contributed by atoms with Gasteiger partial charge in [0, 0.05) is 12.2 Å². The van der Waals surface area contributed by atoms with Gasteiger partial charge in [-0.2, -0.15) is 5.10 Å². The van der Waals surface area contributed by atoms with Gasteiger partial charge in [0.25, 0.3) is 0 Å². The average molecular weight is 177 g/mol. The lowest BCUT2D eigenvalue weighted by Crippen LogP contribution is -2.00. The second kappa shape index (κ2) is 3.01. The number of nitrogens with one attached hydrogen (secondary N) is 1. The number of hydrogen-bond donors (Lipinski definition) is 1. The zero-order chi connectivity index (χ0) is 9.26. The summed E-state index contributed by atoms with van der Waals surface area (Å²) in [6.45, 7) is 4.18. The lowest BCUT2D eigenvalue weighted by atomic mass is 10.3. The molecule has 2 aromatic rings. The molecular formula is C8H11N5. The van der Waals surface area contributed by atoms with Crippen molar-refractivity contribution in [1.82, 2.24) is 25.0 Å². The Morgan fingerprint density at radius 3 is 2.92 bits per heavy atom. The lowest BCUT2D eigenvalue weighted by molar-refractivity contribution is 0.604. The van der Waals surface area contributed by atoms with Crippen LogP contribution in [0.3, 0.4) is 0 Å². The SMILES string of the molecule is CC(C)n1cnnc1-c1cn[nH]c1. The fourth-order valence-electron chi connectivity index (χ4n) is 1.20. The monoisotopic (exact) mass is 177 g/mol. The Bertz CT molecular complexity index is 373. The van der Waals surface area contributed by atoms with Crippen molar-refractivity contribution in [2.75, 3.05) is 0 Å². The van der Waals surface area contributed by atoms with Gasteiger partial charge in [-0.15, -0.1) is 10.2 Å². The molecule has 0 amide bonds. The fraction of sp³-hybridized carbons (Fsp3) is 0.375. The number of hydrogen-bond acceptors (Lipinski definition) is 3. The maximum absolute atomic E-state index is 4.03. The highest BCUT2D eigenvalue weighted by Crippen LogP contribution is 2.17. The molecule has 68 valence electrons. The van der Waals surface area contributed by atoms with E-state index in [4.69, 9.17) is 0 Å². The molecule has 2 heterocycles. The van der Waals surface area contributed by atoms with Gasteiger partial charge in [-0.3, -0.25) is 5.10 Å². The molecule has 0 bridgehead atoms. The second-order valence-corrected chi connectivity index (χ2v) is 3.14.